The predicted octanol–water partition coefficient (Wildman–Crippen LogP) is 1.82. The molecule has 0 radical (unpaired) electrons. The summed E-state index contributed by atoms with van der Waals surface area (Å²) in [6, 6.07) is 0. The zero-order valence-electron chi connectivity index (χ0n) is 7.84. The van der Waals surface area contributed by atoms with Gasteiger partial charge >= 0.3 is 0 Å². The molecule has 0 saturated heterocycles. The van der Waals surface area contributed by atoms with Crippen molar-refractivity contribution >= 4 is 0 Å². The number of rotatable bonds is 6. The monoisotopic (exact) mass is 160 g/mol. The molecular formula is C9H20O2. The third-order valence-electron chi connectivity index (χ3n) is 1.97. The van der Waals surface area contributed by atoms with Crippen LogP contribution in [0.4, 0.5) is 0 Å². The molecule has 0 bridgehead atoms. The van der Waals surface area contributed by atoms with Crippen molar-refractivity contribution in [2.75, 3.05) is 13.2 Å². The molecule has 0 spiro atoms. The average Bonchev–Trinajstić information content (AvgIpc) is 2.03. The van der Waals surface area contributed by atoms with Crippen molar-refractivity contribution in [2.45, 2.75) is 39.7 Å². The molecule has 0 rings (SSSR count). The minimum Gasteiger partial charge on any atom is -0.396 e. The number of aliphatic hydroxyl groups excluding tert-OH is 1. The fraction of sp³-hybridized carbons (Fsp3) is 1.00. The highest BCUT2D eigenvalue weighted by atomic mass is 16.5. The van der Waals surface area contributed by atoms with Crippen LogP contribution in [-0.2, 0) is 4.74 Å². The first-order chi connectivity index (χ1) is 5.22. The molecule has 0 heterocycles. The van der Waals surface area contributed by atoms with Gasteiger partial charge in [0.15, 0.2) is 0 Å². The van der Waals surface area contributed by atoms with E-state index < -0.39 is 0 Å². The molecule has 0 aromatic rings. The molecule has 0 saturated carbocycles. The number of hydrogen-bond donors (Lipinski definition) is 1. The van der Waals surface area contributed by atoms with Crippen LogP contribution < -0.4 is 0 Å². The van der Waals surface area contributed by atoms with E-state index in [2.05, 4.69) is 6.92 Å². The van der Waals surface area contributed by atoms with E-state index in [0.717, 1.165) is 13.0 Å². The summed E-state index contributed by atoms with van der Waals surface area (Å²) in [5.41, 5.74) is 0. The topological polar surface area (TPSA) is 29.5 Å². The van der Waals surface area contributed by atoms with Gasteiger partial charge in [-0.1, -0.05) is 20.3 Å². The summed E-state index contributed by atoms with van der Waals surface area (Å²) < 4.78 is 5.48. The Kier molecular flexibility index (Phi) is 6.57. The molecule has 1 N–H and O–H groups in total. The molecule has 2 heteroatoms. The standard InChI is InChI=1S/C9H20O2/c1-4-5-6-11-9(3)8(2)7-10/h8-10H,4-7H2,1-3H3. The Morgan fingerprint density at radius 2 is 2.00 bits per heavy atom. The van der Waals surface area contributed by atoms with Crippen LogP contribution in [0.3, 0.4) is 0 Å². The largest absolute Gasteiger partial charge is 0.396 e. The van der Waals surface area contributed by atoms with Crippen LogP contribution in [0.1, 0.15) is 33.6 Å². The van der Waals surface area contributed by atoms with Gasteiger partial charge in [0.2, 0.25) is 0 Å². The van der Waals surface area contributed by atoms with Crippen LogP contribution in [0, 0.1) is 5.92 Å². The second kappa shape index (κ2) is 6.62. The second-order valence-electron chi connectivity index (χ2n) is 3.09. The SMILES string of the molecule is CCCCOC(C)C(C)CO. The van der Waals surface area contributed by atoms with Crippen LogP contribution in [0.25, 0.3) is 0 Å². The van der Waals surface area contributed by atoms with Crippen LogP contribution in [0.2, 0.25) is 0 Å². The number of aliphatic hydroxyl groups is 1. The lowest BCUT2D eigenvalue weighted by Gasteiger charge is -2.17. The van der Waals surface area contributed by atoms with Crippen molar-refractivity contribution in [2.24, 2.45) is 5.92 Å². The van der Waals surface area contributed by atoms with E-state index in [9.17, 15) is 0 Å². The van der Waals surface area contributed by atoms with Crippen LogP contribution in [-0.4, -0.2) is 24.4 Å². The maximum Gasteiger partial charge on any atom is 0.0594 e. The summed E-state index contributed by atoms with van der Waals surface area (Å²) in [6.07, 6.45) is 2.47. The van der Waals surface area contributed by atoms with Crippen molar-refractivity contribution in [3.63, 3.8) is 0 Å². The molecule has 11 heavy (non-hydrogen) atoms. The van der Waals surface area contributed by atoms with Gasteiger partial charge < -0.3 is 9.84 Å². The van der Waals surface area contributed by atoms with Crippen molar-refractivity contribution in [1.29, 1.82) is 0 Å². The summed E-state index contributed by atoms with van der Waals surface area (Å²) in [5.74, 6) is 0.256. The Morgan fingerprint density at radius 1 is 1.36 bits per heavy atom. The van der Waals surface area contributed by atoms with Crippen molar-refractivity contribution in [3.05, 3.63) is 0 Å². The number of unbranched alkanes of at least 4 members (excludes halogenated alkanes) is 1. The quantitative estimate of drug-likeness (QED) is 0.600. The molecule has 2 atom stereocenters. The molecule has 0 aromatic carbocycles. The fourth-order valence-electron chi connectivity index (χ4n) is 0.726. The molecule has 0 fully saturated rings. The Hall–Kier alpha value is -0.0800. The lowest BCUT2D eigenvalue weighted by Crippen LogP contribution is -2.21. The minimum absolute atomic E-state index is 0.187. The fourth-order valence-corrected chi connectivity index (χ4v) is 0.726. The molecule has 2 nitrogen and oxygen atoms in total. The van der Waals surface area contributed by atoms with Gasteiger partial charge in [0.05, 0.1) is 6.10 Å². The van der Waals surface area contributed by atoms with Gasteiger partial charge in [-0.2, -0.15) is 0 Å². The van der Waals surface area contributed by atoms with Gasteiger partial charge in [-0.15, -0.1) is 0 Å². The number of ether oxygens (including phenoxy) is 1. The summed E-state index contributed by atoms with van der Waals surface area (Å²) in [4.78, 5) is 0. The minimum atomic E-state index is 0.187. The van der Waals surface area contributed by atoms with Crippen molar-refractivity contribution in [3.8, 4) is 0 Å². The maximum atomic E-state index is 8.78. The van der Waals surface area contributed by atoms with Crippen molar-refractivity contribution in [1.82, 2.24) is 0 Å². The average molecular weight is 160 g/mol. The second-order valence-corrected chi connectivity index (χ2v) is 3.09. The molecular weight excluding hydrogens is 140 g/mol. The molecule has 0 aromatic heterocycles. The van der Waals surface area contributed by atoms with E-state index in [1.807, 2.05) is 13.8 Å². The first-order valence-electron chi connectivity index (χ1n) is 4.44. The van der Waals surface area contributed by atoms with Gasteiger partial charge in [0.25, 0.3) is 0 Å². The first-order valence-corrected chi connectivity index (χ1v) is 4.44. The van der Waals surface area contributed by atoms with E-state index in [0.29, 0.717) is 0 Å². The summed E-state index contributed by atoms with van der Waals surface area (Å²) in [5, 5.41) is 8.78. The molecule has 0 amide bonds. The molecule has 68 valence electrons. The predicted molar refractivity (Wildman–Crippen MR) is 46.6 cm³/mol. The Bertz CT molecular complexity index is 83.6. The van der Waals surface area contributed by atoms with Crippen LogP contribution in [0.5, 0.6) is 0 Å². The normalized spacial score (nSPS) is 16.4. The van der Waals surface area contributed by atoms with E-state index >= 15 is 0 Å². The summed E-state index contributed by atoms with van der Waals surface area (Å²) in [6.45, 7) is 7.19. The smallest absolute Gasteiger partial charge is 0.0594 e. The zero-order valence-corrected chi connectivity index (χ0v) is 7.84. The molecule has 0 aliphatic rings. The Morgan fingerprint density at radius 3 is 2.45 bits per heavy atom. The highest BCUT2D eigenvalue weighted by Crippen LogP contribution is 2.06. The van der Waals surface area contributed by atoms with E-state index in [-0.39, 0.29) is 18.6 Å². The third-order valence-corrected chi connectivity index (χ3v) is 1.97. The van der Waals surface area contributed by atoms with Crippen LogP contribution in [0.15, 0.2) is 0 Å². The zero-order chi connectivity index (χ0) is 8.69. The lowest BCUT2D eigenvalue weighted by molar-refractivity contribution is 0.0106. The van der Waals surface area contributed by atoms with Crippen molar-refractivity contribution < 1.29 is 9.84 Å². The van der Waals surface area contributed by atoms with Gasteiger partial charge in [-0.3, -0.25) is 0 Å². The van der Waals surface area contributed by atoms with E-state index in [1.54, 1.807) is 0 Å². The highest BCUT2D eigenvalue weighted by Gasteiger charge is 2.10. The van der Waals surface area contributed by atoms with Gasteiger partial charge in [-0.25, -0.2) is 0 Å². The number of hydrogen-bond acceptors (Lipinski definition) is 2. The molecule has 0 aliphatic heterocycles. The molecule has 2 unspecified atom stereocenters. The van der Waals surface area contributed by atoms with Crippen LogP contribution >= 0.6 is 0 Å². The summed E-state index contributed by atoms with van der Waals surface area (Å²) >= 11 is 0. The van der Waals surface area contributed by atoms with Gasteiger partial charge in [-0.05, 0) is 13.3 Å². The maximum absolute atomic E-state index is 8.78. The highest BCUT2D eigenvalue weighted by molar-refractivity contribution is 4.58. The van der Waals surface area contributed by atoms with Gasteiger partial charge in [0, 0.05) is 19.1 Å². The first kappa shape index (κ1) is 10.9. The van der Waals surface area contributed by atoms with Gasteiger partial charge in [0.1, 0.15) is 0 Å². The summed E-state index contributed by atoms with van der Waals surface area (Å²) in [7, 11) is 0. The lowest BCUT2D eigenvalue weighted by atomic mass is 10.1. The third kappa shape index (κ3) is 5.22. The van der Waals surface area contributed by atoms with E-state index in [4.69, 9.17) is 9.84 Å². The molecule has 0 aliphatic carbocycles. The van der Waals surface area contributed by atoms with E-state index in [1.165, 1.54) is 6.42 Å². The Labute approximate surface area is 69.6 Å². The Balaban J connectivity index is 3.28.